The highest BCUT2D eigenvalue weighted by Gasteiger charge is 2.34. The van der Waals surface area contributed by atoms with Crippen molar-refractivity contribution in [3.05, 3.63) is 21.9 Å². The maximum Gasteiger partial charge on any atom is 0.426 e. The number of halogens is 3. The molecule has 0 aliphatic rings. The summed E-state index contributed by atoms with van der Waals surface area (Å²) in [6, 6.07) is 1.29. The topological polar surface area (TPSA) is 0 Å². The van der Waals surface area contributed by atoms with Gasteiger partial charge in [0.15, 0.2) is 0 Å². The molecule has 0 saturated carbocycles. The van der Waals surface area contributed by atoms with Gasteiger partial charge in [0, 0.05) is 5.56 Å². The summed E-state index contributed by atoms with van der Waals surface area (Å²) in [4.78, 5) is -0.694. The van der Waals surface area contributed by atoms with Crippen molar-refractivity contribution in [2.45, 2.75) is 6.18 Å². The van der Waals surface area contributed by atoms with E-state index in [1.807, 2.05) is 5.92 Å². The smallest absolute Gasteiger partial charge is 0.165 e. The Labute approximate surface area is 65.7 Å². The molecule has 0 saturated heterocycles. The van der Waals surface area contributed by atoms with E-state index >= 15 is 0 Å². The van der Waals surface area contributed by atoms with Crippen molar-refractivity contribution in [2.75, 3.05) is 0 Å². The standard InChI is InChI=1S/C7H3F3S/c1-2-5-3-4-11-6(5)7(8,9)10/h1,3-4H. The van der Waals surface area contributed by atoms with Crippen molar-refractivity contribution in [3.63, 3.8) is 0 Å². The van der Waals surface area contributed by atoms with Crippen LogP contribution in [0.15, 0.2) is 11.4 Å². The molecular formula is C7H3F3S. The van der Waals surface area contributed by atoms with Crippen LogP contribution in [0, 0.1) is 12.3 Å². The third kappa shape index (κ3) is 1.55. The molecule has 1 aromatic heterocycles. The summed E-state index contributed by atoms with van der Waals surface area (Å²) in [5.74, 6) is 1.97. The van der Waals surface area contributed by atoms with Gasteiger partial charge in [0.2, 0.25) is 0 Å². The number of alkyl halides is 3. The fourth-order valence-corrected chi connectivity index (χ4v) is 1.37. The Morgan fingerprint density at radius 2 is 2.09 bits per heavy atom. The largest absolute Gasteiger partial charge is 0.426 e. The molecule has 0 N–H and O–H groups in total. The molecule has 11 heavy (non-hydrogen) atoms. The van der Waals surface area contributed by atoms with Gasteiger partial charge in [0.05, 0.1) is 0 Å². The van der Waals surface area contributed by atoms with E-state index in [-0.39, 0.29) is 5.56 Å². The van der Waals surface area contributed by atoms with E-state index in [1.54, 1.807) is 0 Å². The van der Waals surface area contributed by atoms with Crippen molar-refractivity contribution >= 4 is 11.3 Å². The van der Waals surface area contributed by atoms with Gasteiger partial charge in [0.25, 0.3) is 0 Å². The minimum atomic E-state index is -4.31. The Bertz CT molecular complexity index is 289. The Hall–Kier alpha value is -0.950. The van der Waals surface area contributed by atoms with Crippen LogP contribution in [0.25, 0.3) is 0 Å². The summed E-state index contributed by atoms with van der Waals surface area (Å²) >= 11 is 0.614. The Kier molecular flexibility index (Phi) is 1.92. The van der Waals surface area contributed by atoms with Gasteiger partial charge in [-0.15, -0.1) is 17.8 Å². The molecule has 1 heterocycles. The molecule has 1 rings (SSSR count). The molecule has 0 amide bonds. The molecule has 0 bridgehead atoms. The summed E-state index contributed by atoms with van der Waals surface area (Å²) in [7, 11) is 0. The van der Waals surface area contributed by atoms with Crippen molar-refractivity contribution in [1.29, 1.82) is 0 Å². The summed E-state index contributed by atoms with van der Waals surface area (Å²) in [5.41, 5.74) is -0.0810. The number of terminal acetylenes is 1. The lowest BCUT2D eigenvalue weighted by molar-refractivity contribution is -0.134. The van der Waals surface area contributed by atoms with Crippen LogP contribution in [0.4, 0.5) is 13.2 Å². The van der Waals surface area contributed by atoms with E-state index in [0.29, 0.717) is 11.3 Å². The molecule has 0 aliphatic heterocycles. The zero-order valence-corrected chi connectivity index (χ0v) is 6.09. The van der Waals surface area contributed by atoms with E-state index in [4.69, 9.17) is 6.42 Å². The van der Waals surface area contributed by atoms with Crippen LogP contribution < -0.4 is 0 Å². The van der Waals surface area contributed by atoms with Crippen LogP contribution in [-0.2, 0) is 6.18 Å². The van der Waals surface area contributed by atoms with Crippen LogP contribution in [-0.4, -0.2) is 0 Å². The van der Waals surface area contributed by atoms with Crippen LogP contribution in [0.2, 0.25) is 0 Å². The minimum Gasteiger partial charge on any atom is -0.165 e. The average Bonchev–Trinajstić information content (AvgIpc) is 2.31. The minimum absolute atomic E-state index is 0.0810. The maximum absolute atomic E-state index is 12.0. The quantitative estimate of drug-likeness (QED) is 0.533. The average molecular weight is 176 g/mol. The first-order valence-corrected chi connectivity index (χ1v) is 3.55. The van der Waals surface area contributed by atoms with Gasteiger partial charge in [-0.3, -0.25) is 0 Å². The summed E-state index contributed by atoms with van der Waals surface area (Å²) < 4.78 is 36.0. The lowest BCUT2D eigenvalue weighted by atomic mass is 10.3. The van der Waals surface area contributed by atoms with Gasteiger partial charge in [0.1, 0.15) is 4.88 Å². The van der Waals surface area contributed by atoms with Gasteiger partial charge in [-0.1, -0.05) is 5.92 Å². The highest BCUT2D eigenvalue weighted by molar-refractivity contribution is 7.10. The van der Waals surface area contributed by atoms with Crippen molar-refractivity contribution < 1.29 is 13.2 Å². The first-order chi connectivity index (χ1) is 5.05. The van der Waals surface area contributed by atoms with Crippen LogP contribution in [0.5, 0.6) is 0 Å². The highest BCUT2D eigenvalue weighted by atomic mass is 32.1. The Balaban J connectivity index is 3.15. The molecule has 0 aromatic carbocycles. The van der Waals surface area contributed by atoms with Gasteiger partial charge >= 0.3 is 6.18 Å². The first kappa shape index (κ1) is 8.15. The zero-order chi connectivity index (χ0) is 8.48. The molecule has 4 heteroatoms. The number of thiophene rings is 1. The second-order valence-corrected chi connectivity index (χ2v) is 2.72. The highest BCUT2D eigenvalue weighted by Crippen LogP contribution is 2.35. The van der Waals surface area contributed by atoms with Crippen LogP contribution in [0.3, 0.4) is 0 Å². The number of hydrogen-bond donors (Lipinski definition) is 0. The first-order valence-electron chi connectivity index (χ1n) is 2.67. The summed E-state index contributed by atoms with van der Waals surface area (Å²) in [5, 5.41) is 1.33. The third-order valence-corrected chi connectivity index (χ3v) is 2.04. The monoisotopic (exact) mass is 176 g/mol. The molecule has 0 aliphatic carbocycles. The second-order valence-electron chi connectivity index (χ2n) is 1.81. The molecule has 0 spiro atoms. The molecule has 0 atom stereocenters. The van der Waals surface area contributed by atoms with Crippen LogP contribution >= 0.6 is 11.3 Å². The second kappa shape index (κ2) is 2.59. The van der Waals surface area contributed by atoms with E-state index in [1.165, 1.54) is 11.4 Å². The van der Waals surface area contributed by atoms with Gasteiger partial charge < -0.3 is 0 Å². The molecular weight excluding hydrogens is 173 g/mol. The molecule has 58 valence electrons. The van der Waals surface area contributed by atoms with Crippen molar-refractivity contribution in [3.8, 4) is 12.3 Å². The molecule has 0 unspecified atom stereocenters. The van der Waals surface area contributed by atoms with E-state index in [0.717, 1.165) is 0 Å². The summed E-state index contributed by atoms with van der Waals surface area (Å²) in [6.07, 6.45) is 0.539. The Morgan fingerprint density at radius 3 is 2.45 bits per heavy atom. The molecule has 0 radical (unpaired) electrons. The predicted octanol–water partition coefficient (Wildman–Crippen LogP) is 2.75. The molecule has 0 nitrogen and oxygen atoms in total. The van der Waals surface area contributed by atoms with Gasteiger partial charge in [-0.2, -0.15) is 13.2 Å². The van der Waals surface area contributed by atoms with Gasteiger partial charge in [-0.05, 0) is 11.4 Å². The maximum atomic E-state index is 12.0. The fraction of sp³-hybridized carbons (Fsp3) is 0.143. The normalized spacial score (nSPS) is 11.1. The van der Waals surface area contributed by atoms with E-state index < -0.39 is 11.1 Å². The van der Waals surface area contributed by atoms with Gasteiger partial charge in [-0.25, -0.2) is 0 Å². The van der Waals surface area contributed by atoms with Crippen LogP contribution in [0.1, 0.15) is 10.4 Å². The SMILES string of the molecule is C#Cc1ccsc1C(F)(F)F. The number of rotatable bonds is 0. The number of hydrogen-bond acceptors (Lipinski definition) is 1. The zero-order valence-electron chi connectivity index (χ0n) is 5.27. The molecule has 0 fully saturated rings. The fourth-order valence-electron chi connectivity index (χ4n) is 0.642. The Morgan fingerprint density at radius 1 is 1.45 bits per heavy atom. The van der Waals surface area contributed by atoms with E-state index in [9.17, 15) is 13.2 Å². The molecule has 1 aromatic rings. The van der Waals surface area contributed by atoms with Crippen molar-refractivity contribution in [2.24, 2.45) is 0 Å². The van der Waals surface area contributed by atoms with Crippen molar-refractivity contribution in [1.82, 2.24) is 0 Å². The predicted molar refractivity (Wildman–Crippen MR) is 37.3 cm³/mol. The third-order valence-electron chi connectivity index (χ3n) is 1.08. The lowest BCUT2D eigenvalue weighted by Gasteiger charge is -2.02. The lowest BCUT2D eigenvalue weighted by Crippen LogP contribution is -2.03. The van der Waals surface area contributed by atoms with E-state index in [2.05, 4.69) is 0 Å². The summed E-state index contributed by atoms with van der Waals surface area (Å²) in [6.45, 7) is 0.